The number of benzene rings is 11. The molecule has 0 fully saturated rings. The number of rotatable bonds is 5. The van der Waals surface area contributed by atoms with E-state index in [4.69, 9.17) is 23.8 Å². The molecule has 2 aliphatic carbocycles. The van der Waals surface area contributed by atoms with Gasteiger partial charge in [-0.15, -0.1) is 11.3 Å². The first kappa shape index (κ1) is 41.7. The van der Waals surface area contributed by atoms with Crippen LogP contribution < -0.4 is 0 Å². The number of para-hydroxylation sites is 1. The van der Waals surface area contributed by atoms with Crippen molar-refractivity contribution in [2.24, 2.45) is 0 Å². The van der Waals surface area contributed by atoms with Crippen LogP contribution in [0.4, 0.5) is 0 Å². The largest absolute Gasteiger partial charge is 0.456 e. The molecule has 0 radical (unpaired) electrons. The fraction of sp³-hybridized carbons (Fsp3) is 0.0143. The van der Waals surface area contributed by atoms with E-state index in [1.54, 1.807) is 11.3 Å². The summed E-state index contributed by atoms with van der Waals surface area (Å²) < 4.78 is 15.5. The first-order chi connectivity index (χ1) is 37.7. The maximum Gasteiger partial charge on any atom is 0.164 e. The average Bonchev–Trinajstić information content (AvgIpc) is 4.48. The molecule has 0 amide bonds. The molecule has 17 rings (SSSR count). The summed E-state index contributed by atoms with van der Waals surface area (Å²) in [6, 6.07) is 85.0. The molecule has 0 saturated carbocycles. The van der Waals surface area contributed by atoms with E-state index in [9.17, 15) is 0 Å². The molecule has 0 aliphatic heterocycles. The van der Waals surface area contributed by atoms with Gasteiger partial charge in [0.25, 0.3) is 0 Å². The van der Waals surface area contributed by atoms with E-state index in [1.165, 1.54) is 64.9 Å². The summed E-state index contributed by atoms with van der Waals surface area (Å²) in [6.45, 7) is 0. The van der Waals surface area contributed by atoms with Crippen LogP contribution in [0.15, 0.2) is 245 Å². The molecule has 4 aromatic heterocycles. The Hall–Kier alpha value is -9.75. The van der Waals surface area contributed by atoms with E-state index in [0.717, 1.165) is 82.6 Å². The summed E-state index contributed by atoms with van der Waals surface area (Å²) in [5.74, 6) is 1.73. The number of fused-ring (bicyclic) bond motifs is 19. The smallest absolute Gasteiger partial charge is 0.164 e. The zero-order valence-electron chi connectivity index (χ0n) is 40.6. The molecular formula is C70H39N3O2S. The predicted molar refractivity (Wildman–Crippen MR) is 311 cm³/mol. The maximum absolute atomic E-state index is 6.72. The Morgan fingerprint density at radius 3 is 1.47 bits per heavy atom. The second-order valence-corrected chi connectivity index (χ2v) is 21.1. The van der Waals surface area contributed by atoms with Crippen LogP contribution in [0.3, 0.4) is 0 Å². The number of hydrogen-bond acceptors (Lipinski definition) is 6. The van der Waals surface area contributed by atoms with Crippen molar-refractivity contribution in [1.29, 1.82) is 0 Å². The second kappa shape index (κ2) is 15.6. The van der Waals surface area contributed by atoms with Crippen molar-refractivity contribution in [3.8, 4) is 78.7 Å². The molecule has 0 N–H and O–H groups in total. The minimum atomic E-state index is -0.412. The Morgan fingerprint density at radius 2 is 0.750 bits per heavy atom. The number of thiophene rings is 1. The van der Waals surface area contributed by atoms with E-state index >= 15 is 0 Å². The van der Waals surface area contributed by atoms with Crippen molar-refractivity contribution < 1.29 is 8.83 Å². The Balaban J connectivity index is 0.846. The molecule has 76 heavy (non-hydrogen) atoms. The van der Waals surface area contributed by atoms with E-state index in [2.05, 4.69) is 194 Å². The van der Waals surface area contributed by atoms with E-state index in [-0.39, 0.29) is 0 Å². The van der Waals surface area contributed by atoms with Crippen molar-refractivity contribution in [1.82, 2.24) is 15.0 Å². The van der Waals surface area contributed by atoms with Crippen LogP contribution >= 0.6 is 11.3 Å². The molecule has 4 heterocycles. The molecular weight excluding hydrogens is 947 g/mol. The van der Waals surface area contributed by atoms with Gasteiger partial charge in [0.15, 0.2) is 17.5 Å². The van der Waals surface area contributed by atoms with Gasteiger partial charge in [0.1, 0.15) is 22.3 Å². The van der Waals surface area contributed by atoms with E-state index in [1.807, 2.05) is 42.5 Å². The van der Waals surface area contributed by atoms with Gasteiger partial charge >= 0.3 is 0 Å². The standard InChI is InChI=1S/C70H39N3O2S/c1-6-27-53-44(18-1)45-19-2-7-28-54(45)70(53)55-29-8-3-20-46(55)63-43(23-12-30-56(63)70)42-17-11-16-40(38-42)41-36-37-58-52(39-41)65-50(25-14-33-60(65)75-58)68-71-67(49-24-13-32-59-64(49)47-21-4-9-31-57(47)74-59)72-69(73-68)51-26-15-35-62-66(51)48-22-5-10-34-61(48)76-62/h1-39H. The van der Waals surface area contributed by atoms with Gasteiger partial charge in [-0.3, -0.25) is 0 Å². The molecule has 11 aromatic carbocycles. The van der Waals surface area contributed by atoms with Gasteiger partial charge in [-0.05, 0) is 115 Å². The fourth-order valence-corrected chi connectivity index (χ4v) is 14.2. The lowest BCUT2D eigenvalue weighted by molar-refractivity contribution is 0.668. The molecule has 352 valence electrons. The summed E-state index contributed by atoms with van der Waals surface area (Å²) in [4.78, 5) is 16.2. The lowest BCUT2D eigenvalue weighted by Gasteiger charge is -2.30. The fourth-order valence-electron chi connectivity index (χ4n) is 13.1. The van der Waals surface area contributed by atoms with Gasteiger partial charge in [0.05, 0.1) is 5.41 Å². The zero-order chi connectivity index (χ0) is 49.6. The van der Waals surface area contributed by atoms with Crippen LogP contribution in [0.25, 0.3) is 143 Å². The Morgan fingerprint density at radius 1 is 0.289 bits per heavy atom. The van der Waals surface area contributed by atoms with Crippen molar-refractivity contribution in [2.75, 3.05) is 0 Å². The summed E-state index contributed by atoms with van der Waals surface area (Å²) in [7, 11) is 0. The molecule has 0 bridgehead atoms. The third-order valence-corrected chi connectivity index (χ3v) is 17.3. The Kier molecular flexibility index (Phi) is 8.58. The van der Waals surface area contributed by atoms with Gasteiger partial charge in [0.2, 0.25) is 0 Å². The van der Waals surface area contributed by atoms with Gasteiger partial charge in [-0.25, -0.2) is 15.0 Å². The van der Waals surface area contributed by atoms with Gasteiger partial charge in [-0.1, -0.05) is 188 Å². The van der Waals surface area contributed by atoms with Crippen LogP contribution in [0.1, 0.15) is 22.3 Å². The average molecular weight is 986 g/mol. The summed E-state index contributed by atoms with van der Waals surface area (Å²) in [6.07, 6.45) is 0. The van der Waals surface area contributed by atoms with E-state index < -0.39 is 5.41 Å². The zero-order valence-corrected chi connectivity index (χ0v) is 41.4. The third kappa shape index (κ3) is 5.71. The highest BCUT2D eigenvalue weighted by molar-refractivity contribution is 7.25. The van der Waals surface area contributed by atoms with Gasteiger partial charge in [0, 0.05) is 58.4 Å². The third-order valence-electron chi connectivity index (χ3n) is 16.2. The Bertz CT molecular complexity index is 4800. The van der Waals surface area contributed by atoms with Gasteiger partial charge in [-0.2, -0.15) is 0 Å². The molecule has 0 unspecified atom stereocenters. The lowest BCUT2D eigenvalue weighted by atomic mass is 9.70. The normalized spacial score (nSPS) is 13.1. The van der Waals surface area contributed by atoms with Crippen LogP contribution in [-0.2, 0) is 5.41 Å². The molecule has 5 nitrogen and oxygen atoms in total. The van der Waals surface area contributed by atoms with Crippen molar-refractivity contribution in [2.45, 2.75) is 5.41 Å². The topological polar surface area (TPSA) is 65.0 Å². The first-order valence-corrected chi connectivity index (χ1v) is 26.6. The van der Waals surface area contributed by atoms with Gasteiger partial charge < -0.3 is 8.83 Å². The second-order valence-electron chi connectivity index (χ2n) is 20.0. The summed E-state index contributed by atoms with van der Waals surface area (Å²) in [5, 5.41) is 6.23. The highest BCUT2D eigenvalue weighted by Crippen LogP contribution is 2.64. The highest BCUT2D eigenvalue weighted by atomic mass is 32.1. The van der Waals surface area contributed by atoms with Crippen molar-refractivity contribution in [3.63, 3.8) is 0 Å². The summed E-state index contributed by atoms with van der Waals surface area (Å²) in [5.41, 5.74) is 20.5. The maximum atomic E-state index is 6.72. The molecule has 15 aromatic rings. The summed E-state index contributed by atoms with van der Waals surface area (Å²) >= 11 is 1.79. The number of hydrogen-bond donors (Lipinski definition) is 0. The molecule has 1 spiro atoms. The minimum absolute atomic E-state index is 0.412. The minimum Gasteiger partial charge on any atom is -0.456 e. The van der Waals surface area contributed by atoms with Crippen LogP contribution in [0.5, 0.6) is 0 Å². The Labute approximate surface area is 439 Å². The predicted octanol–water partition coefficient (Wildman–Crippen LogP) is 18.7. The SMILES string of the molecule is c1cc(-c2ccc3oc4cccc(-c5nc(-c6cccc7oc8ccccc8c67)nc(-c6cccc7sc8ccccc8c67)n5)c4c3c2)cc(-c2cccc3c2-c2ccccc2C32c3ccccc3-c3ccccc32)c1. The molecule has 2 aliphatic rings. The van der Waals surface area contributed by atoms with E-state index in [0.29, 0.717) is 17.5 Å². The molecule has 0 atom stereocenters. The number of aromatic nitrogens is 3. The number of furan rings is 2. The first-order valence-electron chi connectivity index (χ1n) is 25.7. The molecule has 0 saturated heterocycles. The number of nitrogens with zero attached hydrogens (tertiary/aromatic N) is 3. The van der Waals surface area contributed by atoms with Crippen molar-refractivity contribution >= 4 is 75.4 Å². The van der Waals surface area contributed by atoms with Crippen LogP contribution in [-0.4, -0.2) is 15.0 Å². The van der Waals surface area contributed by atoms with Crippen molar-refractivity contribution in [3.05, 3.63) is 259 Å². The highest BCUT2D eigenvalue weighted by Gasteiger charge is 2.52. The van der Waals surface area contributed by atoms with Crippen LogP contribution in [0, 0.1) is 0 Å². The monoisotopic (exact) mass is 985 g/mol. The lowest BCUT2D eigenvalue weighted by Crippen LogP contribution is -2.25. The van der Waals surface area contributed by atoms with Crippen LogP contribution in [0.2, 0.25) is 0 Å². The molecule has 6 heteroatoms. The quantitative estimate of drug-likeness (QED) is 0.172.